The minimum Gasteiger partial charge on any atom is -0.356 e. The Bertz CT molecular complexity index is 1030. The van der Waals surface area contributed by atoms with Crippen LogP contribution in [0.3, 0.4) is 0 Å². The highest BCUT2D eigenvalue weighted by atomic mass is 19.1. The Morgan fingerprint density at radius 2 is 1.93 bits per heavy atom. The van der Waals surface area contributed by atoms with Crippen LogP contribution in [0.4, 0.5) is 10.2 Å². The zero-order valence-electron chi connectivity index (χ0n) is 17.0. The summed E-state index contributed by atoms with van der Waals surface area (Å²) >= 11 is 0. The molecule has 0 unspecified atom stereocenters. The molecule has 1 saturated heterocycles. The Labute approximate surface area is 176 Å². The third-order valence-electron chi connectivity index (χ3n) is 5.46. The minimum atomic E-state index is -0.306. The van der Waals surface area contributed by atoms with Crippen LogP contribution >= 0.6 is 0 Å². The summed E-state index contributed by atoms with van der Waals surface area (Å²) in [4.78, 5) is 23.6. The van der Waals surface area contributed by atoms with Crippen LogP contribution in [0.15, 0.2) is 60.8 Å². The van der Waals surface area contributed by atoms with Gasteiger partial charge in [-0.2, -0.15) is 0 Å². The van der Waals surface area contributed by atoms with Crippen molar-refractivity contribution in [1.82, 2.24) is 15.3 Å². The molecule has 0 bridgehead atoms. The molecular weight excluding hydrogens is 379 g/mol. The van der Waals surface area contributed by atoms with Gasteiger partial charge in [-0.3, -0.25) is 4.79 Å². The lowest BCUT2D eigenvalue weighted by molar-refractivity contribution is -0.125. The van der Waals surface area contributed by atoms with Gasteiger partial charge in [0, 0.05) is 37.3 Å². The van der Waals surface area contributed by atoms with E-state index < -0.39 is 0 Å². The van der Waals surface area contributed by atoms with Crippen molar-refractivity contribution in [2.24, 2.45) is 5.92 Å². The van der Waals surface area contributed by atoms with E-state index in [9.17, 15) is 9.18 Å². The average molecular weight is 404 g/mol. The first-order valence-corrected chi connectivity index (χ1v) is 10.3. The van der Waals surface area contributed by atoms with Crippen molar-refractivity contribution in [2.45, 2.75) is 26.3 Å². The number of aryl methyl sites for hydroxylation is 1. The fourth-order valence-corrected chi connectivity index (χ4v) is 3.82. The number of piperidine rings is 1. The number of carbonyl (C=O) groups excluding carboxylic acids is 1. The minimum absolute atomic E-state index is 0.00980. The molecule has 1 aliphatic rings. The third kappa shape index (κ3) is 4.82. The number of rotatable bonds is 5. The first kappa shape index (κ1) is 20.0. The van der Waals surface area contributed by atoms with E-state index in [1.165, 1.54) is 17.7 Å². The van der Waals surface area contributed by atoms with Crippen molar-refractivity contribution >= 4 is 11.7 Å². The maximum atomic E-state index is 13.5. The number of nitrogens with zero attached hydrogens (tertiary/aromatic N) is 3. The number of hydrogen-bond acceptors (Lipinski definition) is 4. The fraction of sp³-hybridized carbons (Fsp3) is 0.292. The Balaban J connectivity index is 1.34. The second-order valence-electron chi connectivity index (χ2n) is 7.72. The van der Waals surface area contributed by atoms with E-state index in [1.807, 2.05) is 31.2 Å². The van der Waals surface area contributed by atoms with Crippen molar-refractivity contribution in [1.29, 1.82) is 0 Å². The summed E-state index contributed by atoms with van der Waals surface area (Å²) in [7, 11) is 0. The molecule has 6 heteroatoms. The molecular formula is C24H25FN4O. The van der Waals surface area contributed by atoms with Crippen LogP contribution in [0.25, 0.3) is 11.4 Å². The Kier molecular flexibility index (Phi) is 6.02. The predicted molar refractivity (Wildman–Crippen MR) is 115 cm³/mol. The first-order chi connectivity index (χ1) is 14.6. The van der Waals surface area contributed by atoms with Crippen LogP contribution in [0.1, 0.15) is 24.0 Å². The van der Waals surface area contributed by atoms with Gasteiger partial charge in [-0.15, -0.1) is 0 Å². The molecule has 154 valence electrons. The van der Waals surface area contributed by atoms with Crippen molar-refractivity contribution in [3.63, 3.8) is 0 Å². The van der Waals surface area contributed by atoms with Gasteiger partial charge in [0.05, 0.1) is 0 Å². The summed E-state index contributed by atoms with van der Waals surface area (Å²) in [5.41, 5.74) is 2.96. The highest BCUT2D eigenvalue weighted by molar-refractivity contribution is 5.79. The second kappa shape index (κ2) is 9.03. The van der Waals surface area contributed by atoms with Gasteiger partial charge < -0.3 is 10.2 Å². The average Bonchev–Trinajstić information content (AvgIpc) is 2.78. The Hall–Kier alpha value is -3.28. The van der Waals surface area contributed by atoms with Crippen LogP contribution in [0.2, 0.25) is 0 Å². The lowest BCUT2D eigenvalue weighted by atomic mass is 9.95. The lowest BCUT2D eigenvalue weighted by Gasteiger charge is -2.32. The van der Waals surface area contributed by atoms with E-state index in [1.54, 1.807) is 18.3 Å². The molecule has 1 N–H and O–H groups in total. The summed E-state index contributed by atoms with van der Waals surface area (Å²) in [5, 5.41) is 3.07. The monoisotopic (exact) mass is 404 g/mol. The van der Waals surface area contributed by atoms with E-state index in [4.69, 9.17) is 0 Å². The van der Waals surface area contributed by atoms with E-state index >= 15 is 0 Å². The van der Waals surface area contributed by atoms with E-state index in [2.05, 4.69) is 26.3 Å². The van der Waals surface area contributed by atoms with Crippen LogP contribution in [-0.4, -0.2) is 29.0 Å². The topological polar surface area (TPSA) is 58.1 Å². The zero-order valence-corrected chi connectivity index (χ0v) is 17.0. The number of anilines is 1. The van der Waals surface area contributed by atoms with Crippen molar-refractivity contribution in [3.05, 3.63) is 77.7 Å². The number of halogens is 1. The summed E-state index contributed by atoms with van der Waals surface area (Å²) < 4.78 is 13.5. The number of aromatic nitrogens is 2. The molecule has 2 heterocycles. The summed E-state index contributed by atoms with van der Waals surface area (Å²) in [6.45, 7) is 4.11. The van der Waals surface area contributed by atoms with E-state index in [0.29, 0.717) is 17.9 Å². The molecule has 1 amide bonds. The lowest BCUT2D eigenvalue weighted by Crippen LogP contribution is -2.40. The smallest absolute Gasteiger partial charge is 0.223 e. The van der Waals surface area contributed by atoms with Gasteiger partial charge >= 0.3 is 0 Å². The summed E-state index contributed by atoms with van der Waals surface area (Å²) in [6.07, 6.45) is 3.25. The zero-order chi connectivity index (χ0) is 20.9. The molecule has 1 aliphatic heterocycles. The molecule has 0 spiro atoms. The Morgan fingerprint density at radius 3 is 2.70 bits per heavy atom. The molecule has 3 aromatic rings. The van der Waals surface area contributed by atoms with Gasteiger partial charge in [-0.1, -0.05) is 42.0 Å². The van der Waals surface area contributed by atoms with Crippen molar-refractivity contribution in [3.8, 4) is 11.4 Å². The van der Waals surface area contributed by atoms with Crippen LogP contribution in [-0.2, 0) is 11.3 Å². The van der Waals surface area contributed by atoms with Gasteiger partial charge in [0.1, 0.15) is 11.6 Å². The number of benzene rings is 2. The highest BCUT2D eigenvalue weighted by Gasteiger charge is 2.25. The van der Waals surface area contributed by atoms with Gasteiger partial charge in [0.15, 0.2) is 5.82 Å². The van der Waals surface area contributed by atoms with Crippen molar-refractivity contribution in [2.75, 3.05) is 18.0 Å². The van der Waals surface area contributed by atoms with Crippen LogP contribution in [0, 0.1) is 18.7 Å². The number of amides is 1. The summed E-state index contributed by atoms with van der Waals surface area (Å²) in [5.74, 6) is 1.13. The standard InChI is InChI=1S/C24H25FN4O/c1-17-4-2-5-18(14-17)16-27-24(30)19-9-12-29(13-10-19)22-8-11-26-23(28-22)20-6-3-7-21(25)15-20/h2-8,11,14-15,19H,9-10,12-13,16H2,1H3,(H,27,30). The normalized spacial score (nSPS) is 14.5. The van der Waals surface area contributed by atoms with Crippen LogP contribution in [0.5, 0.6) is 0 Å². The molecule has 0 saturated carbocycles. The molecule has 30 heavy (non-hydrogen) atoms. The molecule has 1 aromatic heterocycles. The highest BCUT2D eigenvalue weighted by Crippen LogP contribution is 2.24. The number of hydrogen-bond donors (Lipinski definition) is 1. The van der Waals surface area contributed by atoms with Gasteiger partial charge in [0.2, 0.25) is 5.91 Å². The molecule has 2 aromatic carbocycles. The maximum Gasteiger partial charge on any atom is 0.223 e. The molecule has 0 aliphatic carbocycles. The first-order valence-electron chi connectivity index (χ1n) is 10.3. The van der Waals surface area contributed by atoms with Gasteiger partial charge in [-0.05, 0) is 43.5 Å². The van der Waals surface area contributed by atoms with Crippen molar-refractivity contribution < 1.29 is 9.18 Å². The Morgan fingerprint density at radius 1 is 1.13 bits per heavy atom. The predicted octanol–water partition coefficient (Wildman–Crippen LogP) is 4.12. The quantitative estimate of drug-likeness (QED) is 0.695. The molecule has 4 rings (SSSR count). The summed E-state index contributed by atoms with van der Waals surface area (Å²) in [6, 6.07) is 16.3. The van der Waals surface area contributed by atoms with E-state index in [0.717, 1.165) is 37.3 Å². The van der Waals surface area contributed by atoms with Crippen LogP contribution < -0.4 is 10.2 Å². The second-order valence-corrected chi connectivity index (χ2v) is 7.72. The molecule has 1 fully saturated rings. The maximum absolute atomic E-state index is 13.5. The van der Waals surface area contributed by atoms with Gasteiger partial charge in [0.25, 0.3) is 0 Å². The molecule has 0 radical (unpaired) electrons. The van der Waals surface area contributed by atoms with Gasteiger partial charge in [-0.25, -0.2) is 14.4 Å². The largest absolute Gasteiger partial charge is 0.356 e. The molecule has 0 atom stereocenters. The number of nitrogens with one attached hydrogen (secondary N) is 1. The SMILES string of the molecule is Cc1cccc(CNC(=O)C2CCN(c3ccnc(-c4cccc(F)c4)n3)CC2)c1. The van der Waals surface area contributed by atoms with E-state index in [-0.39, 0.29) is 17.6 Å². The molecule has 5 nitrogen and oxygen atoms in total. The number of carbonyl (C=O) groups is 1. The third-order valence-corrected chi connectivity index (χ3v) is 5.46. The fourth-order valence-electron chi connectivity index (χ4n) is 3.82.